The Morgan fingerprint density at radius 1 is 0.900 bits per heavy atom. The second kappa shape index (κ2) is 8.95. The smallest absolute Gasteiger partial charge is 0.178 e. The number of rotatable bonds is 3. The molecule has 1 aromatic carbocycles. The van der Waals surface area contributed by atoms with E-state index in [4.69, 9.17) is 29.0 Å². The molecule has 0 spiro atoms. The number of nitrogens with zero attached hydrogens (tertiary/aromatic N) is 7. The van der Waals surface area contributed by atoms with Crippen LogP contribution in [-0.2, 0) is 6.42 Å². The molecule has 0 saturated heterocycles. The molecule has 4 aromatic heterocycles. The lowest BCUT2D eigenvalue weighted by atomic mass is 10.1. The average molecular weight is 440 g/mol. The Hall–Kier alpha value is -3.40. The van der Waals surface area contributed by atoms with Gasteiger partial charge in [0.25, 0.3) is 0 Å². The van der Waals surface area contributed by atoms with Gasteiger partial charge in [-0.15, -0.1) is 20.4 Å². The fourth-order valence-electron chi connectivity index (χ4n) is 2.73. The number of hydrogen-bond acceptors (Lipinski definition) is 8. The quantitative estimate of drug-likeness (QED) is 0.324. The molecule has 0 aliphatic rings. The predicted molar refractivity (Wildman–Crippen MR) is 115 cm³/mol. The maximum atomic E-state index is 5.93. The maximum Gasteiger partial charge on any atom is 0.178 e. The van der Waals surface area contributed by atoms with Gasteiger partial charge in [0.15, 0.2) is 22.4 Å². The summed E-state index contributed by atoms with van der Waals surface area (Å²) in [6.45, 7) is 0. The third kappa shape index (κ3) is 4.60. The summed E-state index contributed by atoms with van der Waals surface area (Å²) in [6.07, 6.45) is 2.43. The lowest BCUT2D eigenvalue weighted by Crippen LogP contribution is -2.08. The van der Waals surface area contributed by atoms with Gasteiger partial charge in [0.1, 0.15) is 5.15 Å². The third-order valence-corrected chi connectivity index (χ3v) is 4.51. The lowest BCUT2D eigenvalue weighted by molar-refractivity contribution is 0.838. The molecule has 11 heteroatoms. The summed E-state index contributed by atoms with van der Waals surface area (Å²) < 4.78 is 1.68. The number of hydrazine groups is 1. The van der Waals surface area contributed by atoms with E-state index in [1.165, 1.54) is 0 Å². The van der Waals surface area contributed by atoms with Gasteiger partial charge in [-0.2, -0.15) is 9.61 Å². The van der Waals surface area contributed by atoms with Crippen LogP contribution in [0.1, 0.15) is 11.4 Å². The van der Waals surface area contributed by atoms with Crippen molar-refractivity contribution in [1.82, 2.24) is 35.0 Å². The Morgan fingerprint density at radius 3 is 2.57 bits per heavy atom. The number of benzene rings is 1. The van der Waals surface area contributed by atoms with Gasteiger partial charge in [0.2, 0.25) is 0 Å². The van der Waals surface area contributed by atoms with E-state index in [2.05, 4.69) is 42.0 Å². The SMILES string of the molecule is Clc1ccc2nnc(Cc3ccc4ncccc4c3)n2n1.NNc1ccc(Cl)nn1. The molecule has 30 heavy (non-hydrogen) atoms. The molecule has 4 heterocycles. The van der Waals surface area contributed by atoms with Crippen molar-refractivity contribution >= 4 is 45.6 Å². The van der Waals surface area contributed by atoms with E-state index in [1.54, 1.807) is 35.0 Å². The van der Waals surface area contributed by atoms with E-state index < -0.39 is 0 Å². The number of nitrogens with one attached hydrogen (secondary N) is 1. The molecule has 0 fully saturated rings. The first-order chi connectivity index (χ1) is 14.6. The molecule has 0 unspecified atom stereocenters. The first-order valence-electron chi connectivity index (χ1n) is 8.79. The number of nitrogens with two attached hydrogens (primary N) is 1. The van der Waals surface area contributed by atoms with Crippen molar-refractivity contribution in [3.05, 3.63) is 82.5 Å². The summed E-state index contributed by atoms with van der Waals surface area (Å²) in [5, 5.41) is 21.5. The zero-order chi connectivity index (χ0) is 20.9. The van der Waals surface area contributed by atoms with Crippen LogP contribution >= 0.6 is 23.2 Å². The van der Waals surface area contributed by atoms with Crippen molar-refractivity contribution < 1.29 is 0 Å². The highest BCUT2D eigenvalue weighted by Gasteiger charge is 2.08. The summed E-state index contributed by atoms with van der Waals surface area (Å²) in [6, 6.07) is 16.9. The molecule has 0 saturated carbocycles. The summed E-state index contributed by atoms with van der Waals surface area (Å²) >= 11 is 11.4. The highest BCUT2D eigenvalue weighted by molar-refractivity contribution is 6.29. The molecule has 0 atom stereocenters. The van der Waals surface area contributed by atoms with Gasteiger partial charge in [-0.05, 0) is 48.0 Å². The zero-order valence-corrected chi connectivity index (χ0v) is 17.0. The van der Waals surface area contributed by atoms with Crippen molar-refractivity contribution in [3.8, 4) is 0 Å². The molecule has 0 amide bonds. The van der Waals surface area contributed by atoms with Crippen molar-refractivity contribution in [1.29, 1.82) is 0 Å². The Bertz CT molecular complexity index is 1290. The molecule has 3 N–H and O–H groups in total. The van der Waals surface area contributed by atoms with E-state index in [-0.39, 0.29) is 0 Å². The van der Waals surface area contributed by atoms with Crippen molar-refractivity contribution in [3.63, 3.8) is 0 Å². The summed E-state index contributed by atoms with van der Waals surface area (Å²) in [7, 11) is 0. The molecule has 0 aliphatic heterocycles. The second-order valence-electron chi connectivity index (χ2n) is 6.14. The van der Waals surface area contributed by atoms with Gasteiger partial charge in [0.05, 0.1) is 5.52 Å². The van der Waals surface area contributed by atoms with Crippen LogP contribution in [0.25, 0.3) is 16.6 Å². The number of halogens is 2. The van der Waals surface area contributed by atoms with E-state index in [0.29, 0.717) is 28.2 Å². The maximum absolute atomic E-state index is 5.93. The van der Waals surface area contributed by atoms with Crippen molar-refractivity contribution in [2.45, 2.75) is 6.42 Å². The van der Waals surface area contributed by atoms with Crippen molar-refractivity contribution in [2.75, 3.05) is 5.43 Å². The predicted octanol–water partition coefficient (Wildman–Crippen LogP) is 3.33. The molecule has 0 aliphatic carbocycles. The monoisotopic (exact) mass is 439 g/mol. The van der Waals surface area contributed by atoms with E-state index >= 15 is 0 Å². The van der Waals surface area contributed by atoms with Crippen molar-refractivity contribution in [2.24, 2.45) is 5.84 Å². The van der Waals surface area contributed by atoms with Crippen LogP contribution in [0.15, 0.2) is 60.8 Å². The molecule has 9 nitrogen and oxygen atoms in total. The number of nitrogen functional groups attached to an aromatic ring is 1. The summed E-state index contributed by atoms with van der Waals surface area (Å²) in [5.41, 5.74) is 5.12. The van der Waals surface area contributed by atoms with Crippen LogP contribution in [-0.4, -0.2) is 35.0 Å². The van der Waals surface area contributed by atoms with E-state index in [0.717, 1.165) is 22.3 Å². The van der Waals surface area contributed by atoms with Gasteiger partial charge in [-0.25, -0.2) is 5.84 Å². The highest BCUT2D eigenvalue weighted by Crippen LogP contribution is 2.16. The molecule has 0 radical (unpaired) electrons. The van der Waals surface area contributed by atoms with E-state index in [1.807, 2.05) is 24.3 Å². The Kier molecular flexibility index (Phi) is 5.94. The standard InChI is InChI=1S/C15H10ClN5.C4H5ClN4/c16-13-5-6-14-18-19-15(21(14)20-13)9-10-3-4-12-11(8-10)2-1-7-17-12;5-3-1-2-4(7-6)9-8-3/h1-8H,9H2;1-2H,6H2,(H,7,9). The second-order valence-corrected chi connectivity index (χ2v) is 6.91. The first-order valence-corrected chi connectivity index (χ1v) is 9.54. The van der Waals surface area contributed by atoms with E-state index in [9.17, 15) is 0 Å². The number of pyridine rings is 1. The van der Waals surface area contributed by atoms with Gasteiger partial charge < -0.3 is 5.43 Å². The van der Waals surface area contributed by atoms with Crippen LogP contribution in [0.5, 0.6) is 0 Å². The summed E-state index contributed by atoms with van der Waals surface area (Å²) in [5.74, 6) is 6.26. The van der Waals surface area contributed by atoms with Crippen LogP contribution < -0.4 is 11.3 Å². The van der Waals surface area contributed by atoms with Crippen LogP contribution in [0.2, 0.25) is 10.3 Å². The minimum absolute atomic E-state index is 0.356. The van der Waals surface area contributed by atoms with Crippen LogP contribution in [0, 0.1) is 0 Å². The minimum Gasteiger partial charge on any atom is -0.307 e. The number of aromatic nitrogens is 7. The Morgan fingerprint density at radius 2 is 1.77 bits per heavy atom. The molecular weight excluding hydrogens is 425 g/mol. The van der Waals surface area contributed by atoms with Gasteiger partial charge in [-0.3, -0.25) is 4.98 Å². The number of hydrogen-bond donors (Lipinski definition) is 2. The molecular formula is C19H15Cl2N9. The molecule has 5 aromatic rings. The zero-order valence-electron chi connectivity index (χ0n) is 15.4. The van der Waals surface area contributed by atoms with Gasteiger partial charge >= 0.3 is 0 Å². The average Bonchev–Trinajstić information content (AvgIpc) is 3.16. The normalized spacial score (nSPS) is 10.6. The topological polar surface area (TPSA) is 120 Å². The molecule has 0 bridgehead atoms. The van der Waals surface area contributed by atoms with Crippen LogP contribution in [0.3, 0.4) is 0 Å². The number of anilines is 1. The largest absolute Gasteiger partial charge is 0.307 e. The Balaban J connectivity index is 0.000000204. The number of fused-ring (bicyclic) bond motifs is 2. The lowest BCUT2D eigenvalue weighted by Gasteiger charge is -2.02. The first kappa shape index (κ1) is 19.9. The van der Waals surface area contributed by atoms with Gasteiger partial charge in [-0.1, -0.05) is 35.3 Å². The Labute approximate surface area is 180 Å². The summed E-state index contributed by atoms with van der Waals surface area (Å²) in [4.78, 5) is 4.32. The molecule has 5 rings (SSSR count). The highest BCUT2D eigenvalue weighted by atomic mass is 35.5. The molecule has 150 valence electrons. The fraction of sp³-hybridized carbons (Fsp3) is 0.0526. The van der Waals surface area contributed by atoms with Gasteiger partial charge in [0, 0.05) is 18.0 Å². The minimum atomic E-state index is 0.356. The fourth-order valence-corrected chi connectivity index (χ4v) is 2.97. The third-order valence-electron chi connectivity index (χ3n) is 4.10. The van der Waals surface area contributed by atoms with Crippen LogP contribution in [0.4, 0.5) is 5.82 Å².